The molecule has 1 aromatic carbocycles. The quantitative estimate of drug-likeness (QED) is 0.801. The smallest absolute Gasteiger partial charge is 0.250 e. The maximum absolute atomic E-state index is 13.4. The fourth-order valence-corrected chi connectivity index (χ4v) is 1.62. The van der Waals surface area contributed by atoms with Crippen molar-refractivity contribution in [2.45, 2.75) is 4.90 Å². The van der Waals surface area contributed by atoms with E-state index in [-0.39, 0.29) is 17.2 Å². The van der Waals surface area contributed by atoms with E-state index in [4.69, 9.17) is 5.14 Å². The van der Waals surface area contributed by atoms with Gasteiger partial charge in [-0.3, -0.25) is 4.79 Å². The lowest BCUT2D eigenvalue weighted by atomic mass is 10.3. The molecule has 0 spiro atoms. The Balaban J connectivity index is 2.95. The van der Waals surface area contributed by atoms with Crippen LogP contribution in [0.15, 0.2) is 23.1 Å². The Hall–Kier alpha value is -1.51. The van der Waals surface area contributed by atoms with Gasteiger partial charge < -0.3 is 10.1 Å². The molecular weight excluding hydrogens is 251 g/mol. The van der Waals surface area contributed by atoms with Gasteiger partial charge in [0.2, 0.25) is 15.9 Å². The van der Waals surface area contributed by atoms with Gasteiger partial charge >= 0.3 is 0 Å². The third-order valence-corrected chi connectivity index (χ3v) is 2.73. The topological polar surface area (TPSA) is 98.5 Å². The highest BCUT2D eigenvalue weighted by Gasteiger charge is 2.12. The number of carbonyl (C=O) groups excluding carboxylic acids is 1. The van der Waals surface area contributed by atoms with Crippen LogP contribution in [0.3, 0.4) is 0 Å². The molecule has 0 saturated carbocycles. The molecule has 6 nitrogen and oxygen atoms in total. The minimum absolute atomic E-state index is 0.139. The van der Waals surface area contributed by atoms with Crippen LogP contribution in [0.25, 0.3) is 0 Å². The van der Waals surface area contributed by atoms with Crippen LogP contribution in [-0.4, -0.2) is 28.0 Å². The number of halogens is 1. The van der Waals surface area contributed by atoms with E-state index in [2.05, 4.69) is 10.1 Å². The van der Waals surface area contributed by atoms with Crippen LogP contribution in [-0.2, 0) is 19.6 Å². The van der Waals surface area contributed by atoms with Crippen LogP contribution < -0.4 is 10.5 Å². The van der Waals surface area contributed by atoms with E-state index in [1.165, 1.54) is 7.11 Å². The van der Waals surface area contributed by atoms with E-state index >= 15 is 0 Å². The van der Waals surface area contributed by atoms with Gasteiger partial charge in [-0.15, -0.1) is 0 Å². The van der Waals surface area contributed by atoms with Gasteiger partial charge in [-0.2, -0.15) is 0 Å². The molecule has 0 heterocycles. The first-order valence-electron chi connectivity index (χ1n) is 4.45. The van der Waals surface area contributed by atoms with Crippen LogP contribution in [0, 0.1) is 5.82 Å². The first-order valence-corrected chi connectivity index (χ1v) is 6.00. The van der Waals surface area contributed by atoms with E-state index < -0.39 is 21.7 Å². The van der Waals surface area contributed by atoms with Crippen molar-refractivity contribution in [3.05, 3.63) is 24.0 Å². The third-order valence-electron chi connectivity index (χ3n) is 1.82. The molecule has 0 unspecified atom stereocenters. The first kappa shape index (κ1) is 13.6. The van der Waals surface area contributed by atoms with Crippen molar-refractivity contribution in [1.29, 1.82) is 0 Å². The zero-order valence-electron chi connectivity index (χ0n) is 8.94. The van der Waals surface area contributed by atoms with Crippen molar-refractivity contribution >= 4 is 21.6 Å². The number of hydrogen-bond acceptors (Lipinski definition) is 4. The van der Waals surface area contributed by atoms with Gasteiger partial charge in [-0.25, -0.2) is 17.9 Å². The standard InChI is InChI=1S/C9H11FN2O4S/c1-16-5-9(13)12-8-3-2-6(4-7(8)10)17(11,14)15/h2-4H,5H2,1H3,(H,12,13)(H2,11,14,15). The van der Waals surface area contributed by atoms with Crippen LogP contribution in [0.2, 0.25) is 0 Å². The van der Waals surface area contributed by atoms with E-state index in [0.29, 0.717) is 0 Å². The predicted molar refractivity (Wildman–Crippen MR) is 58.3 cm³/mol. The molecule has 1 aromatic rings. The van der Waals surface area contributed by atoms with E-state index in [9.17, 15) is 17.6 Å². The van der Waals surface area contributed by atoms with Gasteiger partial charge in [0.15, 0.2) is 0 Å². The average molecular weight is 262 g/mol. The molecule has 94 valence electrons. The number of amides is 1. The first-order chi connectivity index (χ1) is 7.84. The molecule has 0 saturated heterocycles. The summed E-state index contributed by atoms with van der Waals surface area (Å²) in [5.74, 6) is -1.43. The number of rotatable bonds is 4. The van der Waals surface area contributed by atoms with Crippen LogP contribution in [0.1, 0.15) is 0 Å². The molecule has 0 aliphatic heterocycles. The number of nitrogens with one attached hydrogen (secondary N) is 1. The molecule has 0 aliphatic carbocycles. The number of methoxy groups -OCH3 is 1. The largest absolute Gasteiger partial charge is 0.375 e. The van der Waals surface area contributed by atoms with Gasteiger partial charge in [0.25, 0.3) is 0 Å². The predicted octanol–water partition coefficient (Wildman–Crippen LogP) is 0.0580. The number of hydrogen-bond donors (Lipinski definition) is 2. The number of ether oxygens (including phenoxy) is 1. The van der Waals surface area contributed by atoms with Crippen molar-refractivity contribution < 1.29 is 22.3 Å². The zero-order chi connectivity index (χ0) is 13.1. The zero-order valence-corrected chi connectivity index (χ0v) is 9.75. The monoisotopic (exact) mass is 262 g/mol. The molecular formula is C9H11FN2O4S. The summed E-state index contributed by atoms with van der Waals surface area (Å²) in [6, 6.07) is 2.95. The molecule has 0 aromatic heterocycles. The van der Waals surface area contributed by atoms with Crippen molar-refractivity contribution in [2.24, 2.45) is 5.14 Å². The highest BCUT2D eigenvalue weighted by Crippen LogP contribution is 2.17. The van der Waals surface area contributed by atoms with Gasteiger partial charge in [0, 0.05) is 7.11 Å². The molecule has 0 fully saturated rings. The van der Waals surface area contributed by atoms with Gasteiger partial charge in [-0.05, 0) is 18.2 Å². The van der Waals surface area contributed by atoms with E-state index in [1.54, 1.807) is 0 Å². The number of sulfonamides is 1. The summed E-state index contributed by atoms with van der Waals surface area (Å²) in [5.41, 5.74) is -0.139. The SMILES string of the molecule is COCC(=O)Nc1ccc(S(N)(=O)=O)cc1F. The summed E-state index contributed by atoms with van der Waals surface area (Å²) >= 11 is 0. The molecule has 1 rings (SSSR count). The second-order valence-corrected chi connectivity index (χ2v) is 4.73. The Kier molecular flexibility index (Phi) is 4.16. The molecule has 17 heavy (non-hydrogen) atoms. The van der Waals surface area contributed by atoms with E-state index in [0.717, 1.165) is 18.2 Å². The Morgan fingerprint density at radius 3 is 2.65 bits per heavy atom. The van der Waals surface area contributed by atoms with Gasteiger partial charge in [0.05, 0.1) is 10.6 Å². The minimum atomic E-state index is -3.96. The lowest BCUT2D eigenvalue weighted by molar-refractivity contribution is -0.119. The minimum Gasteiger partial charge on any atom is -0.375 e. The van der Waals surface area contributed by atoms with Crippen molar-refractivity contribution in [3.8, 4) is 0 Å². The molecule has 3 N–H and O–H groups in total. The van der Waals surface area contributed by atoms with Gasteiger partial charge in [-0.1, -0.05) is 0 Å². The summed E-state index contributed by atoms with van der Waals surface area (Å²) in [6.45, 7) is -0.226. The number of anilines is 1. The lowest BCUT2D eigenvalue weighted by Crippen LogP contribution is -2.18. The molecule has 0 atom stereocenters. The van der Waals surface area contributed by atoms with Gasteiger partial charge in [0.1, 0.15) is 12.4 Å². The van der Waals surface area contributed by atoms with Crippen LogP contribution in [0.4, 0.5) is 10.1 Å². The summed E-state index contributed by atoms with van der Waals surface area (Å²) < 4.78 is 39.8. The second kappa shape index (κ2) is 5.21. The fraction of sp³-hybridized carbons (Fsp3) is 0.222. The average Bonchev–Trinajstić information content (AvgIpc) is 2.20. The number of primary sulfonamides is 1. The molecule has 0 bridgehead atoms. The third kappa shape index (κ3) is 3.77. The Morgan fingerprint density at radius 2 is 2.18 bits per heavy atom. The molecule has 8 heteroatoms. The van der Waals surface area contributed by atoms with Crippen molar-refractivity contribution in [1.82, 2.24) is 0 Å². The molecule has 1 amide bonds. The summed E-state index contributed by atoms with van der Waals surface area (Å²) in [4.78, 5) is 10.7. The highest BCUT2D eigenvalue weighted by atomic mass is 32.2. The van der Waals surface area contributed by atoms with Crippen molar-refractivity contribution in [3.63, 3.8) is 0 Å². The van der Waals surface area contributed by atoms with Crippen molar-refractivity contribution in [2.75, 3.05) is 19.0 Å². The highest BCUT2D eigenvalue weighted by molar-refractivity contribution is 7.89. The summed E-state index contributed by atoms with van der Waals surface area (Å²) in [6.07, 6.45) is 0. The number of nitrogens with two attached hydrogens (primary N) is 1. The van der Waals surface area contributed by atoms with E-state index in [1.807, 2.05) is 0 Å². The Morgan fingerprint density at radius 1 is 1.53 bits per heavy atom. The number of benzene rings is 1. The normalized spacial score (nSPS) is 11.2. The number of carbonyl (C=O) groups is 1. The lowest BCUT2D eigenvalue weighted by Gasteiger charge is -2.06. The van der Waals surface area contributed by atoms with Crippen LogP contribution in [0.5, 0.6) is 0 Å². The Labute approximate surface area is 97.6 Å². The maximum Gasteiger partial charge on any atom is 0.250 e. The Bertz CT molecular complexity index is 530. The fourth-order valence-electron chi connectivity index (χ4n) is 1.09. The molecule has 0 radical (unpaired) electrons. The van der Waals surface area contributed by atoms with Crippen LogP contribution >= 0.6 is 0 Å². The maximum atomic E-state index is 13.4. The second-order valence-electron chi connectivity index (χ2n) is 3.17. The summed E-state index contributed by atoms with van der Waals surface area (Å²) in [7, 11) is -2.64. The summed E-state index contributed by atoms with van der Waals surface area (Å²) in [5, 5.41) is 7.04. The molecule has 0 aliphatic rings.